The summed E-state index contributed by atoms with van der Waals surface area (Å²) in [5.74, 6) is 0.809. The molecule has 0 aliphatic rings. The first-order valence-corrected chi connectivity index (χ1v) is 10.4. The molecular formula is C18H18N6O3S2. The van der Waals surface area contributed by atoms with Gasteiger partial charge in [-0.25, -0.2) is 19.9 Å². The number of ether oxygens (including phenoxy) is 2. The van der Waals surface area contributed by atoms with Gasteiger partial charge in [0.25, 0.3) is 0 Å². The van der Waals surface area contributed by atoms with Gasteiger partial charge in [-0.2, -0.15) is 0 Å². The fourth-order valence-corrected chi connectivity index (χ4v) is 4.99. The second-order valence-electron chi connectivity index (χ2n) is 6.06. The zero-order valence-corrected chi connectivity index (χ0v) is 17.4. The minimum Gasteiger partial charge on any atom is -0.495 e. The zero-order valence-electron chi connectivity index (χ0n) is 15.8. The van der Waals surface area contributed by atoms with E-state index in [1.165, 1.54) is 36.3 Å². The number of nitrogens with two attached hydrogens (primary N) is 1. The number of hydrogen-bond donors (Lipinski definition) is 1. The molecule has 4 aromatic rings. The standard InChI is InChI=1S/C18H18N6O3S2/c1-10(25)27-8-4-7-24-16-13(15(19)20-9-21-16)23-17(24)29-18-22-11-5-3-6-12(26-2)14(11)28-18/h3,5-6,9H,4,7-8H2,1-2H3,(H2,19,20,21). The Bertz CT molecular complexity index is 1190. The molecule has 4 rings (SSSR count). The van der Waals surface area contributed by atoms with Crippen LogP contribution in [0.3, 0.4) is 0 Å². The molecule has 0 bridgehead atoms. The third-order valence-corrected chi connectivity index (χ3v) is 6.25. The predicted octanol–water partition coefficient (Wildman–Crippen LogP) is 3.13. The molecule has 0 amide bonds. The Morgan fingerprint density at radius 1 is 1.31 bits per heavy atom. The average molecular weight is 431 g/mol. The lowest BCUT2D eigenvalue weighted by atomic mass is 10.3. The molecule has 0 fully saturated rings. The van der Waals surface area contributed by atoms with Crippen molar-refractivity contribution < 1.29 is 14.3 Å². The number of carbonyl (C=O) groups is 1. The summed E-state index contributed by atoms with van der Waals surface area (Å²) < 4.78 is 14.2. The fraction of sp³-hybridized carbons (Fsp3) is 0.278. The lowest BCUT2D eigenvalue weighted by Crippen LogP contribution is -2.07. The first-order chi connectivity index (χ1) is 14.1. The average Bonchev–Trinajstić information content (AvgIpc) is 3.27. The summed E-state index contributed by atoms with van der Waals surface area (Å²) in [6.45, 7) is 2.28. The minimum atomic E-state index is -0.301. The Balaban J connectivity index is 1.68. The van der Waals surface area contributed by atoms with Crippen molar-refractivity contribution in [1.82, 2.24) is 24.5 Å². The van der Waals surface area contributed by atoms with Crippen LogP contribution < -0.4 is 10.5 Å². The van der Waals surface area contributed by atoms with Gasteiger partial charge in [0.1, 0.15) is 12.1 Å². The monoisotopic (exact) mass is 430 g/mol. The molecule has 29 heavy (non-hydrogen) atoms. The number of anilines is 1. The fourth-order valence-electron chi connectivity index (χ4n) is 2.84. The van der Waals surface area contributed by atoms with Crippen molar-refractivity contribution in [2.24, 2.45) is 0 Å². The number of esters is 1. The SMILES string of the molecule is COc1cccc2nc(Sc3nc4c(N)ncnc4n3CCCOC(C)=O)sc12. The van der Waals surface area contributed by atoms with Crippen LogP contribution in [0, 0.1) is 0 Å². The van der Waals surface area contributed by atoms with Gasteiger partial charge in [0.15, 0.2) is 26.5 Å². The number of carbonyl (C=O) groups excluding carboxylic acids is 1. The third kappa shape index (κ3) is 3.96. The minimum absolute atomic E-state index is 0.301. The highest BCUT2D eigenvalue weighted by atomic mass is 32.2. The second kappa shape index (κ2) is 8.21. The van der Waals surface area contributed by atoms with E-state index in [4.69, 9.17) is 15.2 Å². The molecule has 150 valence electrons. The van der Waals surface area contributed by atoms with Crippen LogP contribution in [0.2, 0.25) is 0 Å². The topological polar surface area (TPSA) is 118 Å². The van der Waals surface area contributed by atoms with Crippen LogP contribution in [0.25, 0.3) is 21.4 Å². The first-order valence-electron chi connectivity index (χ1n) is 8.78. The molecule has 0 atom stereocenters. The number of methoxy groups -OCH3 is 1. The molecule has 2 N–H and O–H groups in total. The van der Waals surface area contributed by atoms with Gasteiger partial charge in [-0.05, 0) is 30.3 Å². The van der Waals surface area contributed by atoms with Crippen LogP contribution in [0.15, 0.2) is 34.0 Å². The van der Waals surface area contributed by atoms with Crippen molar-refractivity contribution in [2.45, 2.75) is 29.4 Å². The molecule has 0 radical (unpaired) electrons. The summed E-state index contributed by atoms with van der Waals surface area (Å²) >= 11 is 2.97. The molecule has 0 aliphatic carbocycles. The quantitative estimate of drug-likeness (QED) is 0.348. The van der Waals surface area contributed by atoms with Crippen molar-refractivity contribution >= 4 is 56.3 Å². The van der Waals surface area contributed by atoms with E-state index in [1.807, 2.05) is 22.8 Å². The summed E-state index contributed by atoms with van der Waals surface area (Å²) in [6, 6.07) is 5.77. The van der Waals surface area contributed by atoms with E-state index in [-0.39, 0.29) is 5.97 Å². The maximum atomic E-state index is 11.0. The summed E-state index contributed by atoms with van der Waals surface area (Å²) in [6.07, 6.45) is 2.04. The normalized spacial score (nSPS) is 11.2. The van der Waals surface area contributed by atoms with E-state index in [0.717, 1.165) is 20.3 Å². The van der Waals surface area contributed by atoms with Gasteiger partial charge in [-0.1, -0.05) is 6.07 Å². The van der Waals surface area contributed by atoms with Gasteiger partial charge in [0, 0.05) is 13.5 Å². The highest BCUT2D eigenvalue weighted by molar-refractivity contribution is 8.01. The summed E-state index contributed by atoms with van der Waals surface area (Å²) in [5.41, 5.74) is 8.04. The molecule has 0 aliphatic heterocycles. The third-order valence-electron chi connectivity index (χ3n) is 4.11. The van der Waals surface area contributed by atoms with Gasteiger partial charge in [-0.15, -0.1) is 11.3 Å². The van der Waals surface area contributed by atoms with Gasteiger partial charge in [0.05, 0.1) is 23.9 Å². The molecule has 3 aromatic heterocycles. The van der Waals surface area contributed by atoms with E-state index in [1.54, 1.807) is 7.11 Å². The number of benzene rings is 1. The Labute approximate surface area is 174 Å². The smallest absolute Gasteiger partial charge is 0.302 e. The summed E-state index contributed by atoms with van der Waals surface area (Å²) in [5, 5.41) is 0.702. The van der Waals surface area contributed by atoms with Gasteiger partial charge >= 0.3 is 5.97 Å². The van der Waals surface area contributed by atoms with E-state index in [2.05, 4.69) is 19.9 Å². The number of aryl methyl sites for hydroxylation is 1. The zero-order chi connectivity index (χ0) is 20.4. The Hall–Kier alpha value is -2.92. The molecule has 0 spiro atoms. The van der Waals surface area contributed by atoms with Crippen LogP contribution in [-0.2, 0) is 16.1 Å². The first kappa shape index (κ1) is 19.4. The number of thiazole rings is 1. The van der Waals surface area contributed by atoms with Gasteiger partial charge in [0.2, 0.25) is 0 Å². The second-order valence-corrected chi connectivity index (χ2v) is 8.27. The van der Waals surface area contributed by atoms with Gasteiger partial charge < -0.3 is 19.8 Å². The molecule has 1 aromatic carbocycles. The van der Waals surface area contributed by atoms with Crippen LogP contribution in [0.4, 0.5) is 5.82 Å². The number of nitrogen functional groups attached to an aromatic ring is 1. The maximum Gasteiger partial charge on any atom is 0.302 e. The van der Waals surface area contributed by atoms with E-state index in [0.29, 0.717) is 41.7 Å². The molecule has 0 saturated heterocycles. The van der Waals surface area contributed by atoms with Crippen LogP contribution in [-0.4, -0.2) is 44.2 Å². The van der Waals surface area contributed by atoms with Crippen molar-refractivity contribution in [3.8, 4) is 5.75 Å². The van der Waals surface area contributed by atoms with Crippen LogP contribution >= 0.6 is 23.1 Å². The molecular weight excluding hydrogens is 412 g/mol. The van der Waals surface area contributed by atoms with Crippen LogP contribution in [0.1, 0.15) is 13.3 Å². The van der Waals surface area contributed by atoms with Crippen molar-refractivity contribution in [1.29, 1.82) is 0 Å². The highest BCUT2D eigenvalue weighted by Crippen LogP contribution is 2.39. The van der Waals surface area contributed by atoms with Crippen molar-refractivity contribution in [2.75, 3.05) is 19.5 Å². The number of aromatic nitrogens is 5. The predicted molar refractivity (Wildman–Crippen MR) is 111 cm³/mol. The lowest BCUT2D eigenvalue weighted by Gasteiger charge is -2.07. The number of hydrogen-bond acceptors (Lipinski definition) is 10. The molecule has 0 unspecified atom stereocenters. The molecule has 0 saturated carbocycles. The molecule has 11 heteroatoms. The number of fused-ring (bicyclic) bond motifs is 2. The largest absolute Gasteiger partial charge is 0.495 e. The molecule has 9 nitrogen and oxygen atoms in total. The Morgan fingerprint density at radius 3 is 2.97 bits per heavy atom. The number of nitrogens with zero attached hydrogens (tertiary/aromatic N) is 5. The summed E-state index contributed by atoms with van der Waals surface area (Å²) in [7, 11) is 1.64. The highest BCUT2D eigenvalue weighted by Gasteiger charge is 2.18. The summed E-state index contributed by atoms with van der Waals surface area (Å²) in [4.78, 5) is 28.7. The van der Waals surface area contributed by atoms with Gasteiger partial charge in [-0.3, -0.25) is 4.79 Å². The molecule has 3 heterocycles. The van der Waals surface area contributed by atoms with E-state index >= 15 is 0 Å². The van der Waals surface area contributed by atoms with E-state index < -0.39 is 0 Å². The van der Waals surface area contributed by atoms with Crippen molar-refractivity contribution in [3.05, 3.63) is 24.5 Å². The number of imidazole rings is 1. The maximum absolute atomic E-state index is 11.0. The van der Waals surface area contributed by atoms with Crippen LogP contribution in [0.5, 0.6) is 5.75 Å². The number of rotatable bonds is 7. The Morgan fingerprint density at radius 2 is 2.17 bits per heavy atom. The Kier molecular flexibility index (Phi) is 5.49. The van der Waals surface area contributed by atoms with Crippen molar-refractivity contribution in [3.63, 3.8) is 0 Å². The lowest BCUT2D eigenvalue weighted by molar-refractivity contribution is -0.141. The van der Waals surface area contributed by atoms with E-state index in [9.17, 15) is 4.79 Å².